The van der Waals surface area contributed by atoms with Gasteiger partial charge >= 0.3 is 0 Å². The van der Waals surface area contributed by atoms with Crippen LogP contribution < -0.4 is 4.90 Å². The lowest BCUT2D eigenvalue weighted by molar-refractivity contribution is -0.384. The standard InChI is InChI=1S/C19H18N2O4/c1-9(2)15-12-6-7-13(15)17-16(12)18(22)20(19(17)23)14-8-11(21(24)25)5-4-10(14)3/h4-8,12-13,16-17H,1-3H3/t12-,13-,16+,17+/m1/s1. The lowest BCUT2D eigenvalue weighted by atomic mass is 9.85. The third-order valence-electron chi connectivity index (χ3n) is 5.64. The molecule has 0 N–H and O–H groups in total. The van der Waals surface area contributed by atoms with Crippen LogP contribution in [0.4, 0.5) is 11.4 Å². The Morgan fingerprint density at radius 2 is 1.64 bits per heavy atom. The summed E-state index contributed by atoms with van der Waals surface area (Å²) in [6, 6.07) is 4.29. The third-order valence-corrected chi connectivity index (χ3v) is 5.64. The van der Waals surface area contributed by atoms with Gasteiger partial charge in [0.2, 0.25) is 11.8 Å². The molecule has 2 fully saturated rings. The minimum atomic E-state index is -0.513. The first-order chi connectivity index (χ1) is 11.8. The van der Waals surface area contributed by atoms with E-state index in [1.54, 1.807) is 13.0 Å². The van der Waals surface area contributed by atoms with E-state index in [1.807, 2.05) is 26.0 Å². The van der Waals surface area contributed by atoms with Crippen molar-refractivity contribution in [3.8, 4) is 0 Å². The Balaban J connectivity index is 1.79. The van der Waals surface area contributed by atoms with Gasteiger partial charge in [0.15, 0.2) is 0 Å². The van der Waals surface area contributed by atoms with E-state index in [4.69, 9.17) is 0 Å². The Bertz CT molecular complexity index is 861. The first-order valence-corrected chi connectivity index (χ1v) is 8.31. The highest BCUT2D eigenvalue weighted by Gasteiger charge is 2.62. The quantitative estimate of drug-likeness (QED) is 0.359. The van der Waals surface area contributed by atoms with E-state index in [0.717, 1.165) is 5.57 Å². The number of allylic oxidation sites excluding steroid dienone is 4. The Hall–Kier alpha value is -2.76. The highest BCUT2D eigenvalue weighted by Crippen LogP contribution is 2.57. The van der Waals surface area contributed by atoms with Gasteiger partial charge in [-0.3, -0.25) is 19.7 Å². The van der Waals surface area contributed by atoms with Gasteiger partial charge in [-0.25, -0.2) is 4.90 Å². The molecule has 2 aliphatic carbocycles. The van der Waals surface area contributed by atoms with E-state index in [0.29, 0.717) is 11.3 Å². The highest BCUT2D eigenvalue weighted by molar-refractivity contribution is 6.23. The molecule has 1 aromatic carbocycles. The van der Waals surface area contributed by atoms with Crippen molar-refractivity contribution in [1.82, 2.24) is 0 Å². The fourth-order valence-corrected chi connectivity index (χ4v) is 4.62. The lowest BCUT2D eigenvalue weighted by Crippen LogP contribution is -2.33. The number of nitro benzene ring substituents is 1. The highest BCUT2D eigenvalue weighted by atomic mass is 16.6. The molecule has 0 unspecified atom stereocenters. The van der Waals surface area contributed by atoms with Crippen molar-refractivity contribution in [2.45, 2.75) is 20.8 Å². The molecule has 1 heterocycles. The first-order valence-electron chi connectivity index (χ1n) is 8.31. The largest absolute Gasteiger partial charge is 0.274 e. The van der Waals surface area contributed by atoms with Crippen LogP contribution in [0, 0.1) is 40.7 Å². The van der Waals surface area contributed by atoms with Crippen LogP contribution in [0.3, 0.4) is 0 Å². The fourth-order valence-electron chi connectivity index (χ4n) is 4.62. The molecule has 6 heteroatoms. The molecule has 25 heavy (non-hydrogen) atoms. The van der Waals surface area contributed by atoms with Crippen molar-refractivity contribution in [3.05, 3.63) is 57.2 Å². The van der Waals surface area contributed by atoms with Gasteiger partial charge in [0.1, 0.15) is 0 Å². The topological polar surface area (TPSA) is 80.5 Å². The summed E-state index contributed by atoms with van der Waals surface area (Å²) in [6.07, 6.45) is 4.06. The zero-order valence-corrected chi connectivity index (χ0v) is 14.2. The number of benzene rings is 1. The van der Waals surface area contributed by atoms with Gasteiger partial charge in [0.25, 0.3) is 5.69 Å². The summed E-state index contributed by atoms with van der Waals surface area (Å²) in [5.74, 6) is -1.30. The van der Waals surface area contributed by atoms with E-state index in [9.17, 15) is 19.7 Å². The second-order valence-corrected chi connectivity index (χ2v) is 7.18. The number of carbonyl (C=O) groups is 2. The summed E-state index contributed by atoms with van der Waals surface area (Å²) in [5.41, 5.74) is 3.23. The summed E-state index contributed by atoms with van der Waals surface area (Å²) in [5, 5.41) is 11.1. The van der Waals surface area contributed by atoms with Gasteiger partial charge in [0, 0.05) is 24.0 Å². The normalized spacial score (nSPS) is 29.6. The van der Waals surface area contributed by atoms with E-state index in [-0.39, 0.29) is 41.2 Å². The number of nitro groups is 1. The van der Waals surface area contributed by atoms with Crippen LogP contribution in [-0.2, 0) is 9.59 Å². The zero-order valence-electron chi connectivity index (χ0n) is 14.2. The van der Waals surface area contributed by atoms with Crippen LogP contribution >= 0.6 is 0 Å². The Labute approximate surface area is 145 Å². The van der Waals surface area contributed by atoms with E-state index in [1.165, 1.54) is 22.6 Å². The lowest BCUT2D eigenvalue weighted by Gasteiger charge is -2.20. The predicted octanol–water partition coefficient (Wildman–Crippen LogP) is 3.16. The summed E-state index contributed by atoms with van der Waals surface area (Å²) < 4.78 is 0. The van der Waals surface area contributed by atoms with E-state index in [2.05, 4.69) is 0 Å². The Morgan fingerprint density at radius 3 is 2.12 bits per heavy atom. The maximum atomic E-state index is 13.1. The van der Waals surface area contributed by atoms with E-state index >= 15 is 0 Å². The van der Waals surface area contributed by atoms with Crippen LogP contribution in [0.25, 0.3) is 0 Å². The van der Waals surface area contributed by atoms with Crippen LogP contribution in [0.1, 0.15) is 19.4 Å². The van der Waals surface area contributed by atoms with Crippen LogP contribution in [0.15, 0.2) is 41.5 Å². The van der Waals surface area contributed by atoms with Crippen molar-refractivity contribution in [2.24, 2.45) is 23.7 Å². The van der Waals surface area contributed by atoms with Crippen molar-refractivity contribution < 1.29 is 14.5 Å². The molecule has 1 aromatic rings. The molecule has 128 valence electrons. The number of amides is 2. The molecule has 4 rings (SSSR count). The average Bonchev–Trinajstić information content (AvgIpc) is 3.18. The van der Waals surface area contributed by atoms with Crippen LogP contribution in [0.2, 0.25) is 0 Å². The molecular formula is C19H18N2O4. The van der Waals surface area contributed by atoms with Gasteiger partial charge in [0.05, 0.1) is 22.4 Å². The zero-order chi connectivity index (χ0) is 18.0. The Kier molecular flexibility index (Phi) is 3.22. The monoisotopic (exact) mass is 338 g/mol. The number of aryl methyl sites for hydroxylation is 1. The maximum absolute atomic E-state index is 13.1. The molecule has 1 aliphatic heterocycles. The predicted molar refractivity (Wildman–Crippen MR) is 91.8 cm³/mol. The SMILES string of the molecule is CC(C)=C1[C@H]2C=C[C@H]1[C@@H]1C(=O)N(c3cc([N+](=O)[O-])ccc3C)C(=O)[C@H]12. The molecular weight excluding hydrogens is 320 g/mol. The first kappa shape index (κ1) is 15.7. The Morgan fingerprint density at radius 1 is 1.08 bits per heavy atom. The molecule has 4 atom stereocenters. The molecule has 2 amide bonds. The summed E-state index contributed by atoms with van der Waals surface area (Å²) in [6.45, 7) is 5.78. The summed E-state index contributed by atoms with van der Waals surface area (Å²) >= 11 is 0. The molecule has 3 aliphatic rings. The van der Waals surface area contributed by atoms with Crippen molar-refractivity contribution in [3.63, 3.8) is 0 Å². The molecule has 2 bridgehead atoms. The average molecular weight is 338 g/mol. The minimum Gasteiger partial charge on any atom is -0.274 e. The number of non-ortho nitro benzene ring substituents is 1. The summed E-state index contributed by atoms with van der Waals surface area (Å²) in [4.78, 5) is 37.9. The molecule has 0 radical (unpaired) electrons. The number of carbonyl (C=O) groups excluding carboxylic acids is 2. The van der Waals surface area contributed by atoms with Gasteiger partial charge in [-0.2, -0.15) is 0 Å². The fraction of sp³-hybridized carbons (Fsp3) is 0.368. The smallest absolute Gasteiger partial charge is 0.271 e. The number of hydrogen-bond acceptors (Lipinski definition) is 4. The minimum absolute atomic E-state index is 0.0274. The van der Waals surface area contributed by atoms with Crippen molar-refractivity contribution >= 4 is 23.2 Å². The number of fused-ring (bicyclic) bond motifs is 5. The number of nitrogens with zero attached hydrogens (tertiary/aromatic N) is 2. The van der Waals surface area contributed by atoms with E-state index < -0.39 is 4.92 Å². The third kappa shape index (κ3) is 1.97. The molecule has 1 saturated carbocycles. The molecule has 0 aromatic heterocycles. The van der Waals surface area contributed by atoms with Gasteiger partial charge in [-0.05, 0) is 26.3 Å². The molecule has 1 saturated heterocycles. The molecule has 6 nitrogen and oxygen atoms in total. The number of hydrogen-bond donors (Lipinski definition) is 0. The van der Waals surface area contributed by atoms with Gasteiger partial charge < -0.3 is 0 Å². The maximum Gasteiger partial charge on any atom is 0.271 e. The summed E-state index contributed by atoms with van der Waals surface area (Å²) in [7, 11) is 0. The number of anilines is 1. The van der Waals surface area contributed by atoms with Gasteiger partial charge in [-0.1, -0.05) is 29.4 Å². The van der Waals surface area contributed by atoms with Crippen LogP contribution in [-0.4, -0.2) is 16.7 Å². The number of imide groups is 1. The van der Waals surface area contributed by atoms with Crippen molar-refractivity contribution in [2.75, 3.05) is 4.90 Å². The number of rotatable bonds is 2. The second-order valence-electron chi connectivity index (χ2n) is 7.18. The van der Waals surface area contributed by atoms with Crippen LogP contribution in [0.5, 0.6) is 0 Å². The van der Waals surface area contributed by atoms with Gasteiger partial charge in [-0.15, -0.1) is 0 Å². The van der Waals surface area contributed by atoms with Crippen molar-refractivity contribution in [1.29, 1.82) is 0 Å². The second kappa shape index (κ2) is 5.12. The molecule has 0 spiro atoms.